The van der Waals surface area contributed by atoms with Crippen LogP contribution in [0.15, 0.2) is 47.8 Å². The summed E-state index contributed by atoms with van der Waals surface area (Å²) in [6.07, 6.45) is 5.04. The Balaban J connectivity index is 1.99. The SMILES string of the molecule is COc1ccc(/C=N\n2c(-c3ccncc3)n[nH]c2=S)c(OC)c1. The molecule has 24 heavy (non-hydrogen) atoms. The highest BCUT2D eigenvalue weighted by Crippen LogP contribution is 2.23. The van der Waals surface area contributed by atoms with Gasteiger partial charge in [-0.05, 0) is 36.5 Å². The number of aromatic amines is 1. The second kappa shape index (κ2) is 7.05. The fourth-order valence-corrected chi connectivity index (χ4v) is 2.31. The largest absolute Gasteiger partial charge is 0.497 e. The maximum absolute atomic E-state index is 5.36. The highest BCUT2D eigenvalue weighted by atomic mass is 32.1. The van der Waals surface area contributed by atoms with Crippen LogP contribution in [0.25, 0.3) is 11.4 Å². The lowest BCUT2D eigenvalue weighted by Crippen LogP contribution is -1.97. The molecule has 0 aliphatic heterocycles. The van der Waals surface area contributed by atoms with Crippen LogP contribution in [0.4, 0.5) is 0 Å². The molecule has 3 rings (SSSR count). The number of hydrogen-bond acceptors (Lipinski definition) is 6. The van der Waals surface area contributed by atoms with Crippen molar-refractivity contribution in [3.63, 3.8) is 0 Å². The predicted molar refractivity (Wildman–Crippen MR) is 93.2 cm³/mol. The van der Waals surface area contributed by atoms with E-state index in [1.807, 2.05) is 24.3 Å². The highest BCUT2D eigenvalue weighted by molar-refractivity contribution is 7.71. The Hall–Kier alpha value is -3.00. The van der Waals surface area contributed by atoms with E-state index in [1.54, 1.807) is 43.6 Å². The molecule has 122 valence electrons. The maximum atomic E-state index is 5.36. The molecule has 8 heteroatoms. The van der Waals surface area contributed by atoms with Crippen molar-refractivity contribution in [1.82, 2.24) is 19.9 Å². The molecule has 0 saturated carbocycles. The molecule has 0 bridgehead atoms. The number of hydrogen-bond donors (Lipinski definition) is 1. The van der Waals surface area contributed by atoms with E-state index in [1.165, 1.54) is 0 Å². The number of aromatic nitrogens is 4. The summed E-state index contributed by atoms with van der Waals surface area (Å²) < 4.78 is 12.5. The van der Waals surface area contributed by atoms with Crippen LogP contribution in [-0.4, -0.2) is 40.3 Å². The second-order valence-corrected chi connectivity index (χ2v) is 5.14. The molecule has 0 spiro atoms. The fraction of sp³-hybridized carbons (Fsp3) is 0.125. The molecule has 0 atom stereocenters. The van der Waals surface area contributed by atoms with Crippen molar-refractivity contribution in [3.05, 3.63) is 53.1 Å². The zero-order valence-electron chi connectivity index (χ0n) is 13.1. The number of H-pyrrole nitrogens is 1. The van der Waals surface area contributed by atoms with Gasteiger partial charge in [0.25, 0.3) is 0 Å². The summed E-state index contributed by atoms with van der Waals surface area (Å²) in [5.74, 6) is 1.96. The van der Waals surface area contributed by atoms with Crippen LogP contribution in [0.1, 0.15) is 5.56 Å². The summed E-state index contributed by atoms with van der Waals surface area (Å²) in [4.78, 5) is 4.00. The van der Waals surface area contributed by atoms with Crippen LogP contribution in [0.2, 0.25) is 0 Å². The Kier molecular flexibility index (Phi) is 4.66. The summed E-state index contributed by atoms with van der Waals surface area (Å²) in [7, 11) is 3.20. The molecule has 7 nitrogen and oxygen atoms in total. The molecule has 0 saturated heterocycles. The molecule has 0 aliphatic rings. The van der Waals surface area contributed by atoms with Crippen LogP contribution in [0.3, 0.4) is 0 Å². The Morgan fingerprint density at radius 2 is 1.96 bits per heavy atom. The lowest BCUT2D eigenvalue weighted by atomic mass is 10.2. The van der Waals surface area contributed by atoms with Gasteiger partial charge in [-0.2, -0.15) is 14.9 Å². The van der Waals surface area contributed by atoms with E-state index < -0.39 is 0 Å². The predicted octanol–water partition coefficient (Wildman–Crippen LogP) is 2.90. The first-order valence-corrected chi connectivity index (χ1v) is 7.48. The summed E-state index contributed by atoms with van der Waals surface area (Å²) in [5.41, 5.74) is 1.65. The third-order valence-electron chi connectivity index (χ3n) is 3.34. The van der Waals surface area contributed by atoms with Crippen LogP contribution < -0.4 is 9.47 Å². The zero-order chi connectivity index (χ0) is 16.9. The van der Waals surface area contributed by atoms with E-state index in [0.717, 1.165) is 11.1 Å². The first-order chi connectivity index (χ1) is 11.7. The van der Waals surface area contributed by atoms with Crippen molar-refractivity contribution in [3.8, 4) is 22.9 Å². The van der Waals surface area contributed by atoms with Gasteiger partial charge in [0, 0.05) is 29.6 Å². The van der Waals surface area contributed by atoms with Crippen molar-refractivity contribution >= 4 is 18.4 Å². The van der Waals surface area contributed by atoms with Gasteiger partial charge < -0.3 is 9.47 Å². The molecular weight excluding hydrogens is 326 g/mol. The molecule has 0 amide bonds. The lowest BCUT2D eigenvalue weighted by molar-refractivity contribution is 0.394. The average molecular weight is 341 g/mol. The molecule has 1 aromatic carbocycles. The Morgan fingerprint density at radius 1 is 1.17 bits per heavy atom. The number of methoxy groups -OCH3 is 2. The average Bonchev–Trinajstić information content (AvgIpc) is 3.01. The molecule has 0 aliphatic carbocycles. The number of benzene rings is 1. The molecule has 2 heterocycles. The van der Waals surface area contributed by atoms with Gasteiger partial charge in [-0.25, -0.2) is 5.10 Å². The monoisotopic (exact) mass is 341 g/mol. The summed E-state index contributed by atoms with van der Waals surface area (Å²) in [6, 6.07) is 9.16. The third-order valence-corrected chi connectivity index (χ3v) is 3.61. The van der Waals surface area contributed by atoms with Crippen LogP contribution in [0, 0.1) is 4.77 Å². The van der Waals surface area contributed by atoms with Gasteiger partial charge in [0.1, 0.15) is 11.5 Å². The van der Waals surface area contributed by atoms with Crippen LogP contribution in [0.5, 0.6) is 11.5 Å². The van der Waals surface area contributed by atoms with E-state index in [0.29, 0.717) is 22.1 Å². The van der Waals surface area contributed by atoms with Crippen LogP contribution >= 0.6 is 12.2 Å². The molecule has 0 unspecified atom stereocenters. The number of nitrogens with zero attached hydrogens (tertiary/aromatic N) is 4. The van der Waals surface area contributed by atoms with E-state index in [2.05, 4.69) is 20.3 Å². The Bertz CT molecular complexity index is 918. The van der Waals surface area contributed by atoms with Gasteiger partial charge in [0.2, 0.25) is 4.77 Å². The van der Waals surface area contributed by atoms with Gasteiger partial charge in [0.05, 0.1) is 20.4 Å². The van der Waals surface area contributed by atoms with Crippen molar-refractivity contribution < 1.29 is 9.47 Å². The third kappa shape index (κ3) is 3.18. The van der Waals surface area contributed by atoms with E-state index >= 15 is 0 Å². The molecule has 1 N–H and O–H groups in total. The maximum Gasteiger partial charge on any atom is 0.216 e. The number of pyridine rings is 1. The second-order valence-electron chi connectivity index (χ2n) is 4.75. The summed E-state index contributed by atoms with van der Waals surface area (Å²) in [5, 5.41) is 11.4. The first kappa shape index (κ1) is 15.9. The number of nitrogens with one attached hydrogen (secondary N) is 1. The van der Waals surface area contributed by atoms with Crippen molar-refractivity contribution in [1.29, 1.82) is 0 Å². The minimum absolute atomic E-state index is 0.394. The molecule has 2 aromatic heterocycles. The van der Waals surface area contributed by atoms with Crippen molar-refractivity contribution in [2.75, 3.05) is 14.2 Å². The van der Waals surface area contributed by atoms with E-state index in [-0.39, 0.29) is 0 Å². The Morgan fingerprint density at radius 3 is 2.67 bits per heavy atom. The molecule has 0 radical (unpaired) electrons. The normalized spacial score (nSPS) is 10.9. The minimum Gasteiger partial charge on any atom is -0.497 e. The fourth-order valence-electron chi connectivity index (χ4n) is 2.13. The van der Waals surface area contributed by atoms with Crippen molar-refractivity contribution in [2.45, 2.75) is 0 Å². The van der Waals surface area contributed by atoms with Crippen LogP contribution in [-0.2, 0) is 0 Å². The lowest BCUT2D eigenvalue weighted by Gasteiger charge is -2.07. The zero-order valence-corrected chi connectivity index (χ0v) is 13.9. The van der Waals surface area contributed by atoms with E-state index in [4.69, 9.17) is 21.7 Å². The summed E-state index contributed by atoms with van der Waals surface area (Å²) >= 11 is 5.25. The minimum atomic E-state index is 0.394. The molecular formula is C16H15N5O2S. The Labute approximate surface area is 143 Å². The van der Waals surface area contributed by atoms with Gasteiger partial charge in [-0.3, -0.25) is 4.98 Å². The number of rotatable bonds is 5. The first-order valence-electron chi connectivity index (χ1n) is 7.07. The topological polar surface area (TPSA) is 77.3 Å². The quantitative estimate of drug-likeness (QED) is 0.570. The van der Waals surface area contributed by atoms with Crippen molar-refractivity contribution in [2.24, 2.45) is 5.10 Å². The van der Waals surface area contributed by atoms with Gasteiger partial charge in [-0.1, -0.05) is 0 Å². The van der Waals surface area contributed by atoms with Gasteiger partial charge >= 0.3 is 0 Å². The molecule has 0 fully saturated rings. The van der Waals surface area contributed by atoms with Gasteiger partial charge in [0.15, 0.2) is 5.82 Å². The summed E-state index contributed by atoms with van der Waals surface area (Å²) in [6.45, 7) is 0. The smallest absolute Gasteiger partial charge is 0.216 e. The van der Waals surface area contributed by atoms with E-state index in [9.17, 15) is 0 Å². The van der Waals surface area contributed by atoms with Gasteiger partial charge in [-0.15, -0.1) is 0 Å². The molecule has 3 aromatic rings. The highest BCUT2D eigenvalue weighted by Gasteiger charge is 2.08. The standard InChI is InChI=1S/C16H15N5O2S/c1-22-13-4-3-12(14(9-13)23-2)10-18-21-15(19-20-16(21)24)11-5-7-17-8-6-11/h3-10H,1-2H3,(H,20,24)/b18-10-. The number of ether oxygens (including phenoxy) is 2.